The Morgan fingerprint density at radius 1 is 1.04 bits per heavy atom. The molecule has 2 rings (SSSR count). The SMILES string of the molecule is COc1cccc(NC(=O)C(=O)NCC(OC)c2ccccc2C)c1. The van der Waals surface area contributed by atoms with E-state index in [9.17, 15) is 9.59 Å². The molecule has 0 spiro atoms. The molecule has 6 heteroatoms. The Bertz CT molecular complexity index is 746. The molecule has 2 N–H and O–H groups in total. The lowest BCUT2D eigenvalue weighted by molar-refractivity contribution is -0.136. The van der Waals surface area contributed by atoms with Crippen molar-refractivity contribution in [1.29, 1.82) is 0 Å². The van der Waals surface area contributed by atoms with Crippen LogP contribution in [0.15, 0.2) is 48.5 Å². The van der Waals surface area contributed by atoms with Crippen molar-refractivity contribution in [3.63, 3.8) is 0 Å². The summed E-state index contributed by atoms with van der Waals surface area (Å²) in [6, 6.07) is 14.5. The van der Waals surface area contributed by atoms with E-state index in [1.54, 1.807) is 31.4 Å². The molecule has 0 fully saturated rings. The third kappa shape index (κ3) is 5.06. The first-order chi connectivity index (χ1) is 12.0. The Morgan fingerprint density at radius 2 is 1.80 bits per heavy atom. The van der Waals surface area contributed by atoms with Crippen LogP contribution in [0.3, 0.4) is 0 Å². The van der Waals surface area contributed by atoms with Crippen LogP contribution in [0.2, 0.25) is 0 Å². The molecule has 25 heavy (non-hydrogen) atoms. The van der Waals surface area contributed by atoms with Gasteiger partial charge in [0.15, 0.2) is 0 Å². The summed E-state index contributed by atoms with van der Waals surface area (Å²) in [5.74, 6) is -0.872. The maximum atomic E-state index is 12.0. The van der Waals surface area contributed by atoms with Crippen molar-refractivity contribution in [1.82, 2.24) is 5.32 Å². The van der Waals surface area contributed by atoms with Crippen LogP contribution in [-0.4, -0.2) is 32.6 Å². The lowest BCUT2D eigenvalue weighted by Gasteiger charge is -2.18. The Morgan fingerprint density at radius 3 is 2.48 bits per heavy atom. The van der Waals surface area contributed by atoms with E-state index in [0.717, 1.165) is 11.1 Å². The lowest BCUT2D eigenvalue weighted by Crippen LogP contribution is -2.38. The first-order valence-corrected chi connectivity index (χ1v) is 7.86. The van der Waals surface area contributed by atoms with Gasteiger partial charge >= 0.3 is 11.8 Å². The third-order valence-electron chi connectivity index (χ3n) is 3.80. The number of nitrogens with one attached hydrogen (secondary N) is 2. The number of methoxy groups -OCH3 is 2. The molecule has 0 saturated heterocycles. The van der Waals surface area contributed by atoms with Crippen molar-refractivity contribution >= 4 is 17.5 Å². The van der Waals surface area contributed by atoms with E-state index in [4.69, 9.17) is 9.47 Å². The average Bonchev–Trinajstić information content (AvgIpc) is 2.63. The standard InChI is InChI=1S/C19H22N2O4/c1-13-7-4-5-10-16(13)17(25-3)12-20-18(22)19(23)21-14-8-6-9-15(11-14)24-2/h4-11,17H,12H2,1-3H3,(H,20,22)(H,21,23). The molecule has 6 nitrogen and oxygen atoms in total. The van der Waals surface area contributed by atoms with Gasteiger partial charge in [0.05, 0.1) is 13.2 Å². The molecule has 1 unspecified atom stereocenters. The van der Waals surface area contributed by atoms with Gasteiger partial charge in [-0.1, -0.05) is 30.3 Å². The van der Waals surface area contributed by atoms with E-state index in [1.807, 2.05) is 31.2 Å². The van der Waals surface area contributed by atoms with Gasteiger partial charge in [0, 0.05) is 25.4 Å². The van der Waals surface area contributed by atoms with Gasteiger partial charge in [-0.25, -0.2) is 0 Å². The molecule has 2 aromatic carbocycles. The van der Waals surface area contributed by atoms with Crippen LogP contribution >= 0.6 is 0 Å². The number of hydrogen-bond donors (Lipinski definition) is 2. The van der Waals surface area contributed by atoms with Crippen LogP contribution in [-0.2, 0) is 14.3 Å². The van der Waals surface area contributed by atoms with E-state index < -0.39 is 11.8 Å². The van der Waals surface area contributed by atoms with Crippen molar-refractivity contribution in [2.75, 3.05) is 26.1 Å². The number of benzene rings is 2. The van der Waals surface area contributed by atoms with Crippen molar-refractivity contribution in [2.24, 2.45) is 0 Å². The van der Waals surface area contributed by atoms with E-state index in [2.05, 4.69) is 10.6 Å². The van der Waals surface area contributed by atoms with E-state index >= 15 is 0 Å². The second-order valence-electron chi connectivity index (χ2n) is 5.48. The van der Waals surface area contributed by atoms with E-state index in [1.165, 1.54) is 7.11 Å². The number of carbonyl (C=O) groups is 2. The zero-order valence-corrected chi connectivity index (χ0v) is 14.5. The van der Waals surface area contributed by atoms with Gasteiger partial charge < -0.3 is 20.1 Å². The van der Waals surface area contributed by atoms with Gasteiger partial charge in [-0.15, -0.1) is 0 Å². The van der Waals surface area contributed by atoms with Gasteiger partial charge in [0.2, 0.25) is 0 Å². The Balaban J connectivity index is 1.94. The Hall–Kier alpha value is -2.86. The number of amides is 2. The summed E-state index contributed by atoms with van der Waals surface area (Å²) in [7, 11) is 3.10. The molecule has 2 amide bonds. The van der Waals surface area contributed by atoms with Gasteiger partial charge in [0.25, 0.3) is 0 Å². The molecule has 0 aliphatic carbocycles. The summed E-state index contributed by atoms with van der Waals surface area (Å²) in [4.78, 5) is 24.0. The fourth-order valence-corrected chi connectivity index (χ4v) is 2.42. The fraction of sp³-hybridized carbons (Fsp3) is 0.263. The molecule has 0 aliphatic heterocycles. The normalized spacial score (nSPS) is 11.5. The van der Waals surface area contributed by atoms with Gasteiger partial charge in [-0.3, -0.25) is 9.59 Å². The smallest absolute Gasteiger partial charge is 0.313 e. The molecule has 132 valence electrons. The molecule has 2 aromatic rings. The molecule has 0 aromatic heterocycles. The van der Waals surface area contributed by atoms with Crippen molar-refractivity contribution in [3.05, 3.63) is 59.7 Å². The number of rotatable bonds is 6. The topological polar surface area (TPSA) is 76.7 Å². The monoisotopic (exact) mass is 342 g/mol. The summed E-state index contributed by atoms with van der Waals surface area (Å²) in [5.41, 5.74) is 2.52. The highest BCUT2D eigenvalue weighted by Crippen LogP contribution is 2.20. The van der Waals surface area contributed by atoms with Gasteiger partial charge in [-0.05, 0) is 30.2 Å². The lowest BCUT2D eigenvalue weighted by atomic mass is 10.0. The maximum Gasteiger partial charge on any atom is 0.313 e. The van der Waals surface area contributed by atoms with Crippen LogP contribution in [0.1, 0.15) is 17.2 Å². The molecule has 0 bridgehead atoms. The first kappa shape index (κ1) is 18.5. The maximum absolute atomic E-state index is 12.0. The molecule has 0 radical (unpaired) electrons. The van der Waals surface area contributed by atoms with Gasteiger partial charge in [0.1, 0.15) is 5.75 Å². The highest BCUT2D eigenvalue weighted by molar-refractivity contribution is 6.39. The summed E-state index contributed by atoms with van der Waals surface area (Å²) in [6.07, 6.45) is -0.324. The van der Waals surface area contributed by atoms with Crippen molar-refractivity contribution in [2.45, 2.75) is 13.0 Å². The zero-order valence-electron chi connectivity index (χ0n) is 14.5. The zero-order chi connectivity index (χ0) is 18.2. The van der Waals surface area contributed by atoms with E-state index in [0.29, 0.717) is 11.4 Å². The molecular weight excluding hydrogens is 320 g/mol. The second kappa shape index (κ2) is 8.84. The Kier molecular flexibility index (Phi) is 6.54. The first-order valence-electron chi connectivity index (χ1n) is 7.86. The van der Waals surface area contributed by atoms with Crippen LogP contribution in [0, 0.1) is 6.92 Å². The minimum atomic E-state index is -0.743. The number of carbonyl (C=O) groups excluding carboxylic acids is 2. The van der Waals surface area contributed by atoms with Gasteiger partial charge in [-0.2, -0.15) is 0 Å². The fourth-order valence-electron chi connectivity index (χ4n) is 2.42. The average molecular weight is 342 g/mol. The van der Waals surface area contributed by atoms with Crippen molar-refractivity contribution < 1.29 is 19.1 Å². The molecule has 0 heterocycles. The summed E-state index contributed by atoms with van der Waals surface area (Å²) >= 11 is 0. The predicted molar refractivity (Wildman–Crippen MR) is 95.6 cm³/mol. The minimum Gasteiger partial charge on any atom is -0.497 e. The quantitative estimate of drug-likeness (QED) is 0.791. The highest BCUT2D eigenvalue weighted by Gasteiger charge is 2.18. The summed E-state index contributed by atoms with van der Waals surface area (Å²) in [5, 5.41) is 5.14. The van der Waals surface area contributed by atoms with Crippen LogP contribution in [0.25, 0.3) is 0 Å². The number of hydrogen-bond acceptors (Lipinski definition) is 4. The van der Waals surface area contributed by atoms with Crippen LogP contribution in [0.5, 0.6) is 5.75 Å². The second-order valence-corrected chi connectivity index (χ2v) is 5.48. The van der Waals surface area contributed by atoms with Crippen LogP contribution in [0.4, 0.5) is 5.69 Å². The van der Waals surface area contributed by atoms with Crippen LogP contribution < -0.4 is 15.4 Å². The third-order valence-corrected chi connectivity index (χ3v) is 3.80. The summed E-state index contributed by atoms with van der Waals surface area (Å²) in [6.45, 7) is 2.17. The minimum absolute atomic E-state index is 0.200. The Labute approximate surface area is 147 Å². The number of ether oxygens (including phenoxy) is 2. The van der Waals surface area contributed by atoms with Crippen molar-refractivity contribution in [3.8, 4) is 5.75 Å². The number of aryl methyl sites for hydroxylation is 1. The van der Waals surface area contributed by atoms with E-state index in [-0.39, 0.29) is 12.6 Å². The molecule has 0 aliphatic rings. The largest absolute Gasteiger partial charge is 0.497 e. The summed E-state index contributed by atoms with van der Waals surface area (Å²) < 4.78 is 10.5. The highest BCUT2D eigenvalue weighted by atomic mass is 16.5. The molecule has 0 saturated carbocycles. The number of anilines is 1. The molecule has 1 atom stereocenters. The predicted octanol–water partition coefficient (Wildman–Crippen LogP) is 2.45. The molecular formula is C19H22N2O4.